The van der Waals surface area contributed by atoms with E-state index in [1.165, 1.54) is 4.90 Å². The number of benzene rings is 1. The average molecular weight is 381 g/mol. The number of nitrogens with zero attached hydrogens (tertiary/aromatic N) is 2. The summed E-state index contributed by atoms with van der Waals surface area (Å²) in [6.07, 6.45) is 2.06. The van der Waals surface area contributed by atoms with Gasteiger partial charge >= 0.3 is 5.97 Å². The zero-order chi connectivity index (χ0) is 19.9. The molecule has 2 N–H and O–H groups in total. The number of pyridine rings is 1. The van der Waals surface area contributed by atoms with Gasteiger partial charge < -0.3 is 15.3 Å². The van der Waals surface area contributed by atoms with Gasteiger partial charge in [0.15, 0.2) is 0 Å². The van der Waals surface area contributed by atoms with Crippen LogP contribution in [0.5, 0.6) is 0 Å². The lowest BCUT2D eigenvalue weighted by molar-refractivity contribution is -0.148. The minimum Gasteiger partial charge on any atom is -0.481 e. The van der Waals surface area contributed by atoms with Gasteiger partial charge in [-0.3, -0.25) is 19.4 Å². The lowest BCUT2D eigenvalue weighted by Crippen LogP contribution is -2.50. The van der Waals surface area contributed by atoms with E-state index in [9.17, 15) is 19.5 Å². The lowest BCUT2D eigenvalue weighted by atomic mass is 9.88. The maximum Gasteiger partial charge on any atom is 0.308 e. The number of rotatable bonds is 6. The predicted octanol–water partition coefficient (Wildman–Crippen LogP) is 1.49. The Morgan fingerprint density at radius 1 is 1.04 bits per heavy atom. The summed E-state index contributed by atoms with van der Waals surface area (Å²) in [5.41, 5.74) is 1.58. The number of nitrogens with one attached hydrogen (secondary N) is 1. The number of amides is 2. The molecule has 7 nitrogen and oxygen atoms in total. The molecule has 28 heavy (non-hydrogen) atoms. The lowest BCUT2D eigenvalue weighted by Gasteiger charge is -2.35. The molecule has 7 heteroatoms. The first-order valence-electron chi connectivity index (χ1n) is 9.25. The first-order valence-corrected chi connectivity index (χ1v) is 9.25. The summed E-state index contributed by atoms with van der Waals surface area (Å²) in [5.74, 6) is -2.72. The summed E-state index contributed by atoms with van der Waals surface area (Å²) in [6.45, 7) is 0.625. The van der Waals surface area contributed by atoms with Crippen molar-refractivity contribution >= 4 is 17.8 Å². The van der Waals surface area contributed by atoms with Crippen molar-refractivity contribution in [1.29, 1.82) is 0 Å². The van der Waals surface area contributed by atoms with Crippen LogP contribution in [-0.2, 0) is 27.3 Å². The van der Waals surface area contributed by atoms with Crippen molar-refractivity contribution in [3.8, 4) is 0 Å². The van der Waals surface area contributed by atoms with Crippen molar-refractivity contribution in [3.63, 3.8) is 0 Å². The molecule has 0 bridgehead atoms. The summed E-state index contributed by atoms with van der Waals surface area (Å²) in [7, 11) is 0. The number of carbonyl (C=O) groups excluding carboxylic acids is 2. The molecule has 0 aliphatic carbocycles. The van der Waals surface area contributed by atoms with Crippen LogP contribution in [0, 0.1) is 11.8 Å². The molecule has 2 aromatic rings. The second-order valence-corrected chi connectivity index (χ2v) is 6.97. The Balaban J connectivity index is 1.64. The fourth-order valence-electron chi connectivity index (χ4n) is 3.38. The molecule has 1 aliphatic heterocycles. The molecule has 1 aromatic carbocycles. The molecular formula is C21H23N3O4. The van der Waals surface area contributed by atoms with Gasteiger partial charge in [0.25, 0.3) is 0 Å². The smallest absolute Gasteiger partial charge is 0.308 e. The zero-order valence-electron chi connectivity index (χ0n) is 15.5. The minimum absolute atomic E-state index is 0.130. The number of aliphatic carboxylic acids is 1. The molecule has 2 amide bonds. The largest absolute Gasteiger partial charge is 0.481 e. The van der Waals surface area contributed by atoms with Crippen LogP contribution in [0.1, 0.15) is 17.7 Å². The maximum absolute atomic E-state index is 12.7. The van der Waals surface area contributed by atoms with Gasteiger partial charge in [-0.2, -0.15) is 0 Å². The Bertz CT molecular complexity index is 826. The van der Waals surface area contributed by atoms with Crippen LogP contribution in [0.15, 0.2) is 54.7 Å². The molecule has 1 fully saturated rings. The highest BCUT2D eigenvalue weighted by molar-refractivity contribution is 5.84. The van der Waals surface area contributed by atoms with Gasteiger partial charge in [0, 0.05) is 19.3 Å². The average Bonchev–Trinajstić information content (AvgIpc) is 2.73. The highest BCUT2D eigenvalue weighted by Crippen LogP contribution is 2.23. The molecule has 1 aliphatic rings. The van der Waals surface area contributed by atoms with Crippen molar-refractivity contribution in [3.05, 3.63) is 66.0 Å². The van der Waals surface area contributed by atoms with Crippen LogP contribution in [0.2, 0.25) is 0 Å². The van der Waals surface area contributed by atoms with E-state index >= 15 is 0 Å². The van der Waals surface area contributed by atoms with Crippen LogP contribution in [0.25, 0.3) is 0 Å². The highest BCUT2D eigenvalue weighted by Gasteiger charge is 2.36. The second-order valence-electron chi connectivity index (χ2n) is 6.97. The van der Waals surface area contributed by atoms with Gasteiger partial charge in [-0.1, -0.05) is 36.4 Å². The van der Waals surface area contributed by atoms with E-state index in [-0.39, 0.29) is 44.3 Å². The van der Waals surface area contributed by atoms with Gasteiger partial charge in [0.2, 0.25) is 11.8 Å². The van der Waals surface area contributed by atoms with Crippen LogP contribution in [0.3, 0.4) is 0 Å². The van der Waals surface area contributed by atoms with Crippen LogP contribution >= 0.6 is 0 Å². The minimum atomic E-state index is -0.986. The molecular weight excluding hydrogens is 358 g/mol. The summed E-state index contributed by atoms with van der Waals surface area (Å²) in [5, 5.41) is 12.3. The number of likely N-dealkylation sites (tertiary alicyclic amines) is 1. The molecule has 3 rings (SSSR count). The zero-order valence-corrected chi connectivity index (χ0v) is 15.5. The summed E-state index contributed by atoms with van der Waals surface area (Å²) >= 11 is 0. The second kappa shape index (κ2) is 9.12. The van der Waals surface area contributed by atoms with E-state index in [1.807, 2.05) is 36.4 Å². The normalized spacial score (nSPS) is 19.1. The summed E-state index contributed by atoms with van der Waals surface area (Å²) < 4.78 is 0. The number of carboxylic acids is 1. The van der Waals surface area contributed by atoms with Gasteiger partial charge in [-0.05, 0) is 24.1 Å². The topological polar surface area (TPSA) is 99.6 Å². The Morgan fingerprint density at radius 3 is 2.43 bits per heavy atom. The van der Waals surface area contributed by atoms with E-state index < -0.39 is 17.8 Å². The number of piperidine rings is 1. The van der Waals surface area contributed by atoms with E-state index in [2.05, 4.69) is 10.3 Å². The first kappa shape index (κ1) is 19.5. The molecule has 2 atom stereocenters. The monoisotopic (exact) mass is 381 g/mol. The Morgan fingerprint density at radius 2 is 1.75 bits per heavy atom. The standard InChI is InChI=1S/C21H23N3O4/c25-19(10-15-6-2-1-3-7-15)24-13-16(11-17(14-24)21(27)28)20(26)23-12-18-8-4-5-9-22-18/h1-9,16-17H,10-14H2,(H,23,26)(H,27,28)/t16-,17+/m1/s1. The number of carbonyl (C=O) groups is 3. The summed E-state index contributed by atoms with van der Waals surface area (Å²) in [4.78, 5) is 42.5. The number of hydrogen-bond donors (Lipinski definition) is 2. The van der Waals surface area contributed by atoms with Crippen molar-refractivity contribution in [2.24, 2.45) is 11.8 Å². The molecule has 0 radical (unpaired) electrons. The van der Waals surface area contributed by atoms with E-state index in [4.69, 9.17) is 0 Å². The maximum atomic E-state index is 12.7. The highest BCUT2D eigenvalue weighted by atomic mass is 16.4. The van der Waals surface area contributed by atoms with Crippen molar-refractivity contribution in [1.82, 2.24) is 15.2 Å². The van der Waals surface area contributed by atoms with Crippen molar-refractivity contribution < 1.29 is 19.5 Å². The third-order valence-electron chi connectivity index (χ3n) is 4.89. The molecule has 1 saturated heterocycles. The number of aromatic nitrogens is 1. The van der Waals surface area contributed by atoms with Crippen LogP contribution in [-0.4, -0.2) is 45.9 Å². The van der Waals surface area contributed by atoms with Crippen LogP contribution < -0.4 is 5.32 Å². The molecule has 146 valence electrons. The first-order chi connectivity index (χ1) is 13.5. The fourth-order valence-corrected chi connectivity index (χ4v) is 3.38. The van der Waals surface area contributed by atoms with Gasteiger partial charge in [0.05, 0.1) is 30.5 Å². The molecule has 2 heterocycles. The fraction of sp³-hybridized carbons (Fsp3) is 0.333. The van der Waals surface area contributed by atoms with Crippen LogP contribution in [0.4, 0.5) is 0 Å². The molecule has 0 saturated carbocycles. The SMILES string of the molecule is O=C(O)[C@H]1C[C@@H](C(=O)NCc2ccccn2)CN(C(=O)Cc2ccccc2)C1. The third kappa shape index (κ3) is 5.16. The Labute approximate surface area is 163 Å². The number of carboxylic acid groups (broad SMARTS) is 1. The molecule has 1 aromatic heterocycles. The van der Waals surface area contributed by atoms with Gasteiger partial charge in [-0.15, -0.1) is 0 Å². The van der Waals surface area contributed by atoms with Crippen molar-refractivity contribution in [2.45, 2.75) is 19.4 Å². The third-order valence-corrected chi connectivity index (χ3v) is 4.89. The Hall–Kier alpha value is -3.22. The Kier molecular flexibility index (Phi) is 6.37. The van der Waals surface area contributed by atoms with E-state index in [1.54, 1.807) is 18.3 Å². The summed E-state index contributed by atoms with van der Waals surface area (Å²) in [6, 6.07) is 14.7. The molecule has 0 unspecified atom stereocenters. The predicted molar refractivity (Wildman–Crippen MR) is 102 cm³/mol. The number of hydrogen-bond acceptors (Lipinski definition) is 4. The van der Waals surface area contributed by atoms with Gasteiger partial charge in [-0.25, -0.2) is 0 Å². The van der Waals surface area contributed by atoms with Crippen molar-refractivity contribution in [2.75, 3.05) is 13.1 Å². The molecule has 0 spiro atoms. The van der Waals surface area contributed by atoms with E-state index in [0.717, 1.165) is 11.3 Å². The van der Waals surface area contributed by atoms with Gasteiger partial charge in [0.1, 0.15) is 0 Å². The van der Waals surface area contributed by atoms with E-state index in [0.29, 0.717) is 0 Å². The quantitative estimate of drug-likeness (QED) is 0.790.